The lowest BCUT2D eigenvalue weighted by Crippen LogP contribution is -2.69. The van der Waals surface area contributed by atoms with E-state index in [2.05, 4.69) is 48.5 Å². The van der Waals surface area contributed by atoms with Crippen LogP contribution in [0.5, 0.6) is 0 Å². The third kappa shape index (κ3) is 2.76. The summed E-state index contributed by atoms with van der Waals surface area (Å²) in [5.74, 6) is 1.16. The molecule has 0 aliphatic heterocycles. The normalized spacial score (nSPS) is 56.5. The van der Waals surface area contributed by atoms with E-state index >= 15 is 0 Å². The van der Waals surface area contributed by atoms with Crippen molar-refractivity contribution in [2.45, 2.75) is 119 Å². The van der Waals surface area contributed by atoms with Crippen LogP contribution < -0.4 is 0 Å². The van der Waals surface area contributed by atoms with Crippen LogP contribution in [0.3, 0.4) is 0 Å². The molecule has 0 aromatic rings. The molecular formula is C30H48O4. The zero-order valence-electron chi connectivity index (χ0n) is 22.7. The first-order chi connectivity index (χ1) is 15.6. The Bertz CT molecular complexity index is 909. The fourth-order valence-electron chi connectivity index (χ4n) is 11.2. The first-order valence-corrected chi connectivity index (χ1v) is 14.0. The minimum Gasteiger partial charge on any atom is -0.481 e. The molecule has 4 heteroatoms. The van der Waals surface area contributed by atoms with Crippen LogP contribution in [0.15, 0.2) is 0 Å². The average molecular weight is 473 g/mol. The van der Waals surface area contributed by atoms with Gasteiger partial charge in [0, 0.05) is 12.3 Å². The number of ketones is 1. The Labute approximate surface area is 206 Å². The van der Waals surface area contributed by atoms with Gasteiger partial charge in [0.25, 0.3) is 0 Å². The Morgan fingerprint density at radius 1 is 0.794 bits per heavy atom. The molecule has 2 N–H and O–H groups in total. The number of hydrogen-bond donors (Lipinski definition) is 2. The van der Waals surface area contributed by atoms with E-state index < -0.39 is 17.5 Å². The second kappa shape index (κ2) is 7.11. The number of aliphatic carboxylic acids is 1. The molecular weight excluding hydrogens is 424 g/mol. The van der Waals surface area contributed by atoms with E-state index in [0.29, 0.717) is 30.5 Å². The second-order valence-corrected chi connectivity index (χ2v) is 15.1. The number of carboxylic acid groups (broad SMARTS) is 1. The van der Waals surface area contributed by atoms with Crippen molar-refractivity contribution in [3.8, 4) is 0 Å². The Balaban J connectivity index is 1.58. The number of hydrogen-bond acceptors (Lipinski definition) is 3. The van der Waals surface area contributed by atoms with E-state index in [1.807, 2.05) is 0 Å². The molecule has 5 rings (SSSR count). The number of aliphatic hydroxyl groups is 1. The fourth-order valence-corrected chi connectivity index (χ4v) is 11.2. The predicted molar refractivity (Wildman–Crippen MR) is 133 cm³/mol. The quantitative estimate of drug-likeness (QED) is 0.457. The summed E-state index contributed by atoms with van der Waals surface area (Å²) in [6.45, 7) is 16.3. The molecule has 5 aliphatic rings. The van der Waals surface area contributed by atoms with Gasteiger partial charge in [0.05, 0.1) is 11.5 Å². The SMILES string of the molecule is CC1C(=O)CCC2C1(C)CCC1C2(C)CCC2(C)C3CC(C)(C)C(O)CC3(C(=O)O)CCC12C. The Kier molecular flexibility index (Phi) is 5.18. The largest absolute Gasteiger partial charge is 0.481 e. The number of carbonyl (C=O) groups excluding carboxylic acids is 1. The van der Waals surface area contributed by atoms with Gasteiger partial charge in [-0.3, -0.25) is 9.59 Å². The molecule has 4 nitrogen and oxygen atoms in total. The summed E-state index contributed by atoms with van der Waals surface area (Å²) in [5, 5.41) is 21.6. The van der Waals surface area contributed by atoms with Crippen LogP contribution in [-0.2, 0) is 9.59 Å². The predicted octanol–water partition coefficient (Wildman–Crippen LogP) is 6.49. The van der Waals surface area contributed by atoms with Gasteiger partial charge in [-0.2, -0.15) is 0 Å². The third-order valence-electron chi connectivity index (χ3n) is 13.9. The van der Waals surface area contributed by atoms with Gasteiger partial charge in [0.1, 0.15) is 5.78 Å². The van der Waals surface area contributed by atoms with Gasteiger partial charge in [0.15, 0.2) is 0 Å². The van der Waals surface area contributed by atoms with Gasteiger partial charge in [-0.05, 0) is 103 Å². The van der Waals surface area contributed by atoms with Gasteiger partial charge in [0.2, 0.25) is 0 Å². The summed E-state index contributed by atoms with van der Waals surface area (Å²) in [6, 6.07) is 0. The summed E-state index contributed by atoms with van der Waals surface area (Å²) in [7, 11) is 0. The van der Waals surface area contributed by atoms with Crippen LogP contribution in [0, 0.1) is 56.2 Å². The molecule has 5 fully saturated rings. The van der Waals surface area contributed by atoms with Gasteiger partial charge in [-0.15, -0.1) is 0 Å². The molecule has 0 spiro atoms. The Morgan fingerprint density at radius 3 is 2.06 bits per heavy atom. The number of rotatable bonds is 1. The number of carbonyl (C=O) groups is 2. The lowest BCUT2D eigenvalue weighted by Gasteiger charge is -2.74. The average Bonchev–Trinajstić information content (AvgIpc) is 2.74. The van der Waals surface area contributed by atoms with Crippen molar-refractivity contribution >= 4 is 11.8 Å². The van der Waals surface area contributed by atoms with Gasteiger partial charge < -0.3 is 10.2 Å². The summed E-state index contributed by atoms with van der Waals surface area (Å²) < 4.78 is 0. The minimum absolute atomic E-state index is 0.0466. The highest BCUT2D eigenvalue weighted by molar-refractivity contribution is 5.82. The highest BCUT2D eigenvalue weighted by Crippen LogP contribution is 2.78. The van der Waals surface area contributed by atoms with E-state index in [9.17, 15) is 19.8 Å². The standard InChI is InChI=1S/C30H48O4/c1-18-19(31)8-9-20-26(18,4)11-10-21-27(20,5)12-13-29(7)22-16-25(2,3)23(32)17-30(22,24(33)34)15-14-28(21,29)6/h18,20-23,32H,8-17H2,1-7H3,(H,33,34). The van der Waals surface area contributed by atoms with E-state index in [1.54, 1.807) is 0 Å². The highest BCUT2D eigenvalue weighted by atomic mass is 16.4. The van der Waals surface area contributed by atoms with E-state index in [-0.39, 0.29) is 38.9 Å². The molecule has 10 atom stereocenters. The summed E-state index contributed by atoms with van der Waals surface area (Å²) in [5.41, 5.74) is -0.699. The monoisotopic (exact) mass is 472 g/mol. The highest BCUT2D eigenvalue weighted by Gasteiger charge is 2.73. The Hall–Kier alpha value is -0.900. The molecule has 0 radical (unpaired) electrons. The zero-order valence-corrected chi connectivity index (χ0v) is 22.7. The lowest BCUT2D eigenvalue weighted by atomic mass is 9.30. The van der Waals surface area contributed by atoms with Crippen LogP contribution >= 0.6 is 0 Å². The van der Waals surface area contributed by atoms with Crippen molar-refractivity contribution < 1.29 is 19.8 Å². The van der Waals surface area contributed by atoms with E-state index in [4.69, 9.17) is 0 Å². The van der Waals surface area contributed by atoms with E-state index in [1.165, 1.54) is 0 Å². The summed E-state index contributed by atoms with van der Waals surface area (Å²) in [4.78, 5) is 25.6. The third-order valence-corrected chi connectivity index (χ3v) is 13.9. The first kappa shape index (κ1) is 24.8. The van der Waals surface area contributed by atoms with Crippen molar-refractivity contribution in [2.75, 3.05) is 0 Å². The summed E-state index contributed by atoms with van der Waals surface area (Å²) in [6.07, 6.45) is 8.51. The lowest BCUT2D eigenvalue weighted by molar-refractivity contribution is -0.266. The van der Waals surface area contributed by atoms with Crippen LogP contribution in [0.2, 0.25) is 0 Å². The maximum absolute atomic E-state index is 12.9. The van der Waals surface area contributed by atoms with Crippen molar-refractivity contribution in [1.29, 1.82) is 0 Å². The van der Waals surface area contributed by atoms with Crippen LogP contribution in [0.25, 0.3) is 0 Å². The number of carboxylic acids is 1. The molecule has 5 aliphatic carbocycles. The molecule has 0 heterocycles. The van der Waals surface area contributed by atoms with Gasteiger partial charge in [-0.25, -0.2) is 0 Å². The van der Waals surface area contributed by atoms with Crippen molar-refractivity contribution in [2.24, 2.45) is 56.2 Å². The molecule has 34 heavy (non-hydrogen) atoms. The van der Waals surface area contributed by atoms with Crippen LogP contribution in [0.1, 0.15) is 113 Å². The summed E-state index contributed by atoms with van der Waals surface area (Å²) >= 11 is 0. The van der Waals surface area contributed by atoms with Gasteiger partial charge in [-0.1, -0.05) is 48.5 Å². The fraction of sp³-hybridized carbons (Fsp3) is 0.933. The molecule has 5 saturated carbocycles. The van der Waals surface area contributed by atoms with Crippen molar-refractivity contribution in [1.82, 2.24) is 0 Å². The number of fused-ring (bicyclic) bond motifs is 7. The first-order valence-electron chi connectivity index (χ1n) is 14.0. The second-order valence-electron chi connectivity index (χ2n) is 15.1. The zero-order chi connectivity index (χ0) is 25.1. The molecule has 0 bridgehead atoms. The number of Topliss-reactive ketones (excluding diaryl/α,β-unsaturated/α-hetero) is 1. The maximum atomic E-state index is 12.9. The number of aliphatic hydroxyl groups excluding tert-OH is 1. The van der Waals surface area contributed by atoms with Crippen LogP contribution in [-0.4, -0.2) is 28.1 Å². The molecule has 192 valence electrons. The molecule has 0 saturated heterocycles. The molecule has 0 amide bonds. The maximum Gasteiger partial charge on any atom is 0.310 e. The topological polar surface area (TPSA) is 74.6 Å². The minimum atomic E-state index is -0.800. The van der Waals surface area contributed by atoms with Gasteiger partial charge >= 0.3 is 5.97 Å². The van der Waals surface area contributed by atoms with Crippen molar-refractivity contribution in [3.05, 3.63) is 0 Å². The molecule has 10 unspecified atom stereocenters. The van der Waals surface area contributed by atoms with E-state index in [0.717, 1.165) is 51.4 Å². The van der Waals surface area contributed by atoms with Crippen molar-refractivity contribution in [3.63, 3.8) is 0 Å². The van der Waals surface area contributed by atoms with Crippen LogP contribution in [0.4, 0.5) is 0 Å². The molecule has 0 aromatic carbocycles. The smallest absolute Gasteiger partial charge is 0.310 e. The molecule has 0 aromatic heterocycles. The Morgan fingerprint density at radius 2 is 1.41 bits per heavy atom.